The molecule has 2 aliphatic carbocycles. The average Bonchev–Trinajstić information content (AvgIpc) is 2.88. The molecule has 1 radical (unpaired) electrons. The van der Waals surface area contributed by atoms with Crippen LogP contribution in [0, 0.1) is 59.3 Å². The van der Waals surface area contributed by atoms with Gasteiger partial charge in [0.15, 0.2) is 0 Å². The molecule has 0 bridgehead atoms. The molecule has 1 heteroatoms. The third-order valence-corrected chi connectivity index (χ3v) is 3.63. The maximum Gasteiger partial charge on any atom is 0 e. The minimum atomic E-state index is 0. The fourth-order valence-electron chi connectivity index (χ4n) is 2.43. The first kappa shape index (κ1) is 15.2. The molecule has 0 aliphatic heterocycles. The fourth-order valence-corrected chi connectivity index (χ4v) is 2.43. The Kier molecular flexibility index (Phi) is 7.28. The van der Waals surface area contributed by atoms with Crippen molar-refractivity contribution in [3.8, 4) is 0 Å². The molecule has 0 aromatic carbocycles. The minimum Gasteiger partial charge on any atom is -0.325 e. The van der Waals surface area contributed by atoms with Crippen LogP contribution in [0.4, 0.5) is 0 Å². The van der Waals surface area contributed by atoms with Gasteiger partial charge in [-0.3, -0.25) is 0 Å². The molecule has 0 heterocycles. The molecule has 2 aliphatic rings. The number of rotatable bonds is 1. The van der Waals surface area contributed by atoms with Gasteiger partial charge in [0.05, 0.1) is 0 Å². The van der Waals surface area contributed by atoms with Crippen molar-refractivity contribution < 1.29 is 35.6 Å². The standard InChI is InChI=1S/C11H19.C2H6.La/c1-9(2)10-4-3-5-11(8-10)6-7-11;1-2;/h4,9-10H,3,5-8H2,1-2H3;1-2H3;/q-1;;. The smallest absolute Gasteiger partial charge is 0 e. The molecule has 0 amide bonds. The molecule has 1 atom stereocenters. The average molecular weight is 320 g/mol. The zero-order valence-corrected chi connectivity index (χ0v) is 14.0. The van der Waals surface area contributed by atoms with Crippen LogP contribution in [0.1, 0.15) is 59.8 Å². The summed E-state index contributed by atoms with van der Waals surface area (Å²) in [5, 5.41) is 0. The molecule has 0 aromatic rings. The van der Waals surface area contributed by atoms with Crippen molar-refractivity contribution in [2.75, 3.05) is 0 Å². The van der Waals surface area contributed by atoms with Crippen LogP contribution in [0.15, 0.2) is 0 Å². The fraction of sp³-hybridized carbons (Fsp3) is 0.923. The molecule has 1 spiro atoms. The van der Waals surface area contributed by atoms with Crippen LogP contribution in [0.25, 0.3) is 0 Å². The van der Waals surface area contributed by atoms with Gasteiger partial charge in [-0.1, -0.05) is 46.5 Å². The Balaban J connectivity index is 0.000000531. The molecule has 2 fully saturated rings. The molecule has 14 heavy (non-hydrogen) atoms. The molecular weight excluding hydrogens is 295 g/mol. The Bertz CT molecular complexity index is 147. The van der Waals surface area contributed by atoms with Gasteiger partial charge in [0.2, 0.25) is 0 Å². The quantitative estimate of drug-likeness (QED) is 0.626. The molecular formula is C13H25La-. The minimum absolute atomic E-state index is 0. The van der Waals surface area contributed by atoms with Crippen LogP contribution >= 0.6 is 0 Å². The van der Waals surface area contributed by atoms with E-state index < -0.39 is 0 Å². The Labute approximate surface area is 118 Å². The monoisotopic (exact) mass is 320 g/mol. The number of hydrogen-bond donors (Lipinski definition) is 0. The zero-order chi connectivity index (χ0) is 9.90. The van der Waals surface area contributed by atoms with Gasteiger partial charge in [0.25, 0.3) is 0 Å². The molecule has 0 aromatic heterocycles. The van der Waals surface area contributed by atoms with E-state index in [9.17, 15) is 0 Å². The van der Waals surface area contributed by atoms with Crippen molar-refractivity contribution in [3.05, 3.63) is 6.42 Å². The van der Waals surface area contributed by atoms with Gasteiger partial charge >= 0.3 is 0 Å². The van der Waals surface area contributed by atoms with Crippen LogP contribution in [-0.2, 0) is 0 Å². The van der Waals surface area contributed by atoms with E-state index in [1.54, 1.807) is 0 Å². The van der Waals surface area contributed by atoms with E-state index in [2.05, 4.69) is 20.3 Å². The van der Waals surface area contributed by atoms with Gasteiger partial charge in [-0.25, -0.2) is 0 Å². The van der Waals surface area contributed by atoms with Gasteiger partial charge < -0.3 is 6.42 Å². The first-order chi connectivity index (χ1) is 6.22. The van der Waals surface area contributed by atoms with Crippen molar-refractivity contribution in [2.24, 2.45) is 17.3 Å². The van der Waals surface area contributed by atoms with Crippen molar-refractivity contribution >= 4 is 0 Å². The summed E-state index contributed by atoms with van der Waals surface area (Å²) in [7, 11) is 0. The molecule has 2 rings (SSSR count). The summed E-state index contributed by atoms with van der Waals surface area (Å²) in [4.78, 5) is 0. The predicted octanol–water partition coefficient (Wildman–Crippen LogP) is 4.45. The van der Waals surface area contributed by atoms with Crippen molar-refractivity contribution in [1.29, 1.82) is 0 Å². The van der Waals surface area contributed by atoms with E-state index in [1.165, 1.54) is 32.1 Å². The molecule has 2 saturated carbocycles. The van der Waals surface area contributed by atoms with E-state index in [-0.39, 0.29) is 35.6 Å². The molecule has 0 N–H and O–H groups in total. The van der Waals surface area contributed by atoms with E-state index in [1.807, 2.05) is 13.8 Å². The van der Waals surface area contributed by atoms with E-state index in [4.69, 9.17) is 0 Å². The third-order valence-electron chi connectivity index (χ3n) is 3.63. The second-order valence-electron chi connectivity index (χ2n) is 4.89. The molecule has 0 nitrogen and oxygen atoms in total. The topological polar surface area (TPSA) is 0 Å². The largest absolute Gasteiger partial charge is 0.325 e. The predicted molar refractivity (Wildman–Crippen MR) is 59.5 cm³/mol. The Morgan fingerprint density at radius 1 is 1.14 bits per heavy atom. The van der Waals surface area contributed by atoms with E-state index in [0.29, 0.717) is 0 Å². The Morgan fingerprint density at radius 3 is 2.14 bits per heavy atom. The van der Waals surface area contributed by atoms with Crippen LogP contribution in [0.2, 0.25) is 0 Å². The first-order valence-electron chi connectivity index (χ1n) is 6.05. The van der Waals surface area contributed by atoms with Gasteiger partial charge in [-0.2, -0.15) is 12.3 Å². The van der Waals surface area contributed by atoms with Gasteiger partial charge in [-0.05, 0) is 18.3 Å². The molecule has 0 saturated heterocycles. The molecule has 1 unspecified atom stereocenters. The number of hydrogen-bond acceptors (Lipinski definition) is 0. The van der Waals surface area contributed by atoms with Crippen LogP contribution in [0.5, 0.6) is 0 Å². The second kappa shape index (κ2) is 6.71. The van der Waals surface area contributed by atoms with Gasteiger partial charge in [0, 0.05) is 35.6 Å². The van der Waals surface area contributed by atoms with Gasteiger partial charge in [0.1, 0.15) is 0 Å². The Morgan fingerprint density at radius 2 is 1.71 bits per heavy atom. The van der Waals surface area contributed by atoms with E-state index >= 15 is 0 Å². The SMILES string of the molecule is CC.CC(C)C1[CH-]CCC2(CC2)C1.[La]. The maximum absolute atomic E-state index is 2.56. The Hall–Kier alpha value is 1.19. The van der Waals surface area contributed by atoms with Crippen molar-refractivity contribution in [1.82, 2.24) is 0 Å². The second-order valence-corrected chi connectivity index (χ2v) is 4.89. The summed E-state index contributed by atoms with van der Waals surface area (Å²) in [6.45, 7) is 8.73. The third kappa shape index (κ3) is 3.98. The first-order valence-corrected chi connectivity index (χ1v) is 6.05. The summed E-state index contributed by atoms with van der Waals surface area (Å²) in [5.74, 6) is 1.82. The maximum atomic E-state index is 2.56. The summed E-state index contributed by atoms with van der Waals surface area (Å²) >= 11 is 0. The normalized spacial score (nSPS) is 27.6. The molecule has 81 valence electrons. The van der Waals surface area contributed by atoms with Crippen LogP contribution in [-0.4, -0.2) is 0 Å². The summed E-state index contributed by atoms with van der Waals surface area (Å²) in [6, 6.07) is 0. The summed E-state index contributed by atoms with van der Waals surface area (Å²) in [6.07, 6.45) is 10.0. The van der Waals surface area contributed by atoms with Crippen LogP contribution < -0.4 is 0 Å². The van der Waals surface area contributed by atoms with Crippen LogP contribution in [0.3, 0.4) is 0 Å². The van der Waals surface area contributed by atoms with Gasteiger partial charge in [-0.15, -0.1) is 0 Å². The van der Waals surface area contributed by atoms with Crippen molar-refractivity contribution in [3.63, 3.8) is 0 Å². The van der Waals surface area contributed by atoms with E-state index in [0.717, 1.165) is 17.3 Å². The summed E-state index contributed by atoms with van der Waals surface area (Å²) in [5.41, 5.74) is 0.851. The summed E-state index contributed by atoms with van der Waals surface area (Å²) < 4.78 is 0. The van der Waals surface area contributed by atoms with Crippen molar-refractivity contribution in [2.45, 2.75) is 59.8 Å². The zero-order valence-electron chi connectivity index (χ0n) is 10.3.